The number of nitrogen functional groups attached to an aromatic ring is 2. The highest BCUT2D eigenvalue weighted by molar-refractivity contribution is 8.00. The maximum Gasteiger partial charge on any atom is 0.352 e. The molecule has 0 spiro atoms. The number of thioether (sulfide) groups is 1. The van der Waals surface area contributed by atoms with Gasteiger partial charge in [0.05, 0.1) is 0 Å². The van der Waals surface area contributed by atoms with E-state index in [1.54, 1.807) is 23.0 Å². The fourth-order valence-electron chi connectivity index (χ4n) is 3.87. The molecule has 6 N–H and O–H groups in total. The molecule has 0 saturated carbocycles. The monoisotopic (exact) mass is 532 g/mol. The van der Waals surface area contributed by atoms with Gasteiger partial charge in [-0.25, -0.2) is 4.79 Å². The quantitative estimate of drug-likeness (QED) is 0.124. The first-order valence-electron chi connectivity index (χ1n) is 10.2. The normalized spacial score (nSPS) is 19.8. The van der Waals surface area contributed by atoms with Gasteiger partial charge >= 0.3 is 5.97 Å². The van der Waals surface area contributed by atoms with Gasteiger partial charge in [-0.1, -0.05) is 5.16 Å². The van der Waals surface area contributed by atoms with Crippen LogP contribution in [0.1, 0.15) is 5.82 Å². The Hall–Kier alpha value is -4.25. The number of aliphatic carboxylic acids is 1. The number of nitrogens with two attached hydrogens (primary N) is 2. The lowest BCUT2D eigenvalue weighted by molar-refractivity contribution is -0.688. The topological polar surface area (TPSA) is 216 Å². The first kappa shape index (κ1) is 23.5. The maximum absolute atomic E-state index is 13.0. The van der Waals surface area contributed by atoms with Crippen molar-refractivity contribution in [2.75, 3.05) is 24.3 Å². The van der Waals surface area contributed by atoms with Crippen LogP contribution in [0.15, 0.2) is 39.3 Å². The minimum Gasteiger partial charge on any atom is -0.477 e. The van der Waals surface area contributed by atoms with Gasteiger partial charge in [0.25, 0.3) is 17.8 Å². The highest BCUT2D eigenvalue weighted by atomic mass is 32.2. The van der Waals surface area contributed by atoms with Gasteiger partial charge in [-0.05, 0) is 0 Å². The molecule has 2 atom stereocenters. The van der Waals surface area contributed by atoms with Crippen molar-refractivity contribution in [2.24, 2.45) is 5.16 Å². The lowest BCUT2D eigenvalue weighted by Gasteiger charge is -2.49. The molecular formula is C19H18N9O6S2+. The third-order valence-corrected chi connectivity index (χ3v) is 7.25. The summed E-state index contributed by atoms with van der Waals surface area (Å²) in [6, 6.07) is 0.744. The van der Waals surface area contributed by atoms with Crippen molar-refractivity contribution in [2.45, 2.75) is 18.0 Å². The molecule has 186 valence electrons. The predicted molar refractivity (Wildman–Crippen MR) is 126 cm³/mol. The van der Waals surface area contributed by atoms with Crippen LogP contribution >= 0.6 is 23.3 Å². The number of oxime groups is 1. The molecule has 1 saturated heterocycles. The van der Waals surface area contributed by atoms with E-state index in [4.69, 9.17) is 20.7 Å². The van der Waals surface area contributed by atoms with E-state index in [9.17, 15) is 19.5 Å². The molecule has 36 heavy (non-hydrogen) atoms. The van der Waals surface area contributed by atoms with E-state index in [1.807, 2.05) is 0 Å². The van der Waals surface area contributed by atoms with E-state index in [0.717, 1.165) is 11.5 Å². The van der Waals surface area contributed by atoms with Gasteiger partial charge in [0.2, 0.25) is 23.3 Å². The number of hydrogen-bond acceptors (Lipinski definition) is 13. The number of nitrogens with zero attached hydrogens (tertiary/aromatic N) is 6. The van der Waals surface area contributed by atoms with Crippen LogP contribution in [-0.2, 0) is 25.8 Å². The molecule has 2 amide bonds. The third kappa shape index (κ3) is 4.07. The number of carboxylic acid groups (broad SMARTS) is 1. The second-order valence-corrected chi connectivity index (χ2v) is 9.50. The lowest BCUT2D eigenvalue weighted by Crippen LogP contribution is -2.71. The molecule has 0 aliphatic carbocycles. The Balaban J connectivity index is 1.36. The molecule has 1 unspecified atom stereocenters. The molecule has 0 bridgehead atoms. The SMILES string of the molecule is CON=C(C(=O)NC1C(=O)N2C(C(=O)O)=C(C[n+]3ccc4nc(N)oc4c3)CS[C@@H]12)c1nsc(N)n1. The van der Waals surface area contributed by atoms with E-state index in [1.165, 1.54) is 23.8 Å². The number of nitrogens with one attached hydrogen (secondary N) is 1. The molecule has 5 heterocycles. The van der Waals surface area contributed by atoms with Crippen LogP contribution in [0.3, 0.4) is 0 Å². The summed E-state index contributed by atoms with van der Waals surface area (Å²) >= 11 is 2.20. The minimum atomic E-state index is -1.25. The van der Waals surface area contributed by atoms with Crippen molar-refractivity contribution in [3.05, 3.63) is 35.6 Å². The number of rotatable bonds is 7. The summed E-state index contributed by atoms with van der Waals surface area (Å²) in [7, 11) is 1.24. The van der Waals surface area contributed by atoms with Gasteiger partial charge in [0.15, 0.2) is 17.9 Å². The standard InChI is InChI=1S/C19H17N9O6S2/c1-33-25-10(13-24-19(21)36-26-13)14(29)23-11-15(30)28-12(17(31)32)7(6-35-16(11)28)4-27-3-2-8-9(5-27)34-18(20)22-8/h2-3,5,11,16,20H,4,6H2,1H3,(H4,21,23,24,26,29,31,32)/p+1/t11?,16-/m0/s1. The summed E-state index contributed by atoms with van der Waals surface area (Å²) in [6.45, 7) is 0.195. The van der Waals surface area contributed by atoms with Crippen molar-refractivity contribution in [1.29, 1.82) is 0 Å². The van der Waals surface area contributed by atoms with Gasteiger partial charge in [-0.15, -0.1) is 11.8 Å². The van der Waals surface area contributed by atoms with E-state index in [-0.39, 0.29) is 34.9 Å². The number of hydrogen-bond donors (Lipinski definition) is 4. The van der Waals surface area contributed by atoms with Crippen LogP contribution in [0.2, 0.25) is 0 Å². The van der Waals surface area contributed by atoms with Crippen LogP contribution in [-0.4, -0.2) is 72.1 Å². The van der Waals surface area contributed by atoms with E-state index in [0.29, 0.717) is 22.4 Å². The zero-order chi connectivity index (χ0) is 25.6. The van der Waals surface area contributed by atoms with Crippen molar-refractivity contribution in [1.82, 2.24) is 24.6 Å². The smallest absolute Gasteiger partial charge is 0.352 e. The van der Waals surface area contributed by atoms with Crippen LogP contribution in [0.25, 0.3) is 11.1 Å². The zero-order valence-corrected chi connectivity index (χ0v) is 20.1. The molecule has 2 aliphatic heterocycles. The molecule has 5 rings (SSSR count). The summed E-state index contributed by atoms with van der Waals surface area (Å²) in [4.78, 5) is 51.8. The van der Waals surface area contributed by atoms with Gasteiger partial charge in [-0.3, -0.25) is 14.5 Å². The molecule has 0 radical (unpaired) electrons. The maximum atomic E-state index is 13.0. The lowest BCUT2D eigenvalue weighted by atomic mass is 10.0. The summed E-state index contributed by atoms with van der Waals surface area (Å²) < 4.78 is 11.0. The fourth-order valence-corrected chi connectivity index (χ4v) is 5.64. The van der Waals surface area contributed by atoms with Crippen molar-refractivity contribution in [3.8, 4) is 0 Å². The van der Waals surface area contributed by atoms with Crippen LogP contribution in [0, 0.1) is 0 Å². The van der Waals surface area contributed by atoms with Crippen LogP contribution < -0.4 is 21.4 Å². The Morgan fingerprint density at radius 3 is 2.92 bits per heavy atom. The summed E-state index contributed by atoms with van der Waals surface area (Å²) in [5.41, 5.74) is 12.3. The Bertz CT molecular complexity index is 1460. The number of fused-ring (bicyclic) bond motifs is 2. The van der Waals surface area contributed by atoms with Crippen molar-refractivity contribution >= 4 is 69.0 Å². The molecule has 1 fully saturated rings. The predicted octanol–water partition coefficient (Wildman–Crippen LogP) is -1.08. The second-order valence-electron chi connectivity index (χ2n) is 7.62. The summed E-state index contributed by atoms with van der Waals surface area (Å²) in [6.07, 6.45) is 3.36. The van der Waals surface area contributed by atoms with E-state index in [2.05, 4.69) is 24.8 Å². The van der Waals surface area contributed by atoms with Crippen LogP contribution in [0.4, 0.5) is 11.1 Å². The first-order valence-corrected chi connectivity index (χ1v) is 12.1. The van der Waals surface area contributed by atoms with Gasteiger partial charge in [-0.2, -0.15) is 18.9 Å². The molecule has 15 nitrogen and oxygen atoms in total. The summed E-state index contributed by atoms with van der Waals surface area (Å²) in [5, 5.41) is 15.6. The Labute approximate surface area is 210 Å². The highest BCUT2D eigenvalue weighted by Gasteiger charge is 2.54. The number of oxazole rings is 1. The Morgan fingerprint density at radius 2 is 2.22 bits per heavy atom. The fraction of sp³-hybridized carbons (Fsp3) is 0.263. The molecule has 0 aromatic carbocycles. The number of carbonyl (C=O) groups is 3. The summed E-state index contributed by atoms with van der Waals surface area (Å²) in [5.74, 6) is -2.30. The number of carbonyl (C=O) groups excluding carboxylic acids is 2. The first-order chi connectivity index (χ1) is 17.3. The third-order valence-electron chi connectivity index (χ3n) is 5.37. The van der Waals surface area contributed by atoms with Gasteiger partial charge in [0, 0.05) is 28.9 Å². The Morgan fingerprint density at radius 1 is 1.42 bits per heavy atom. The largest absolute Gasteiger partial charge is 0.477 e. The molecule has 17 heteroatoms. The van der Waals surface area contributed by atoms with E-state index >= 15 is 0 Å². The van der Waals surface area contributed by atoms with Crippen molar-refractivity contribution in [3.63, 3.8) is 0 Å². The minimum absolute atomic E-state index is 0.0243. The molecule has 3 aromatic heterocycles. The van der Waals surface area contributed by atoms with Crippen LogP contribution in [0.5, 0.6) is 0 Å². The molecule has 2 aliphatic rings. The number of β-lactam (4-membered cyclic amide) rings is 1. The van der Waals surface area contributed by atoms with Gasteiger partial charge < -0.3 is 31.1 Å². The van der Waals surface area contributed by atoms with Gasteiger partial charge in [0.1, 0.15) is 29.7 Å². The number of pyridine rings is 1. The number of carboxylic acids is 1. The number of aromatic nitrogens is 4. The average molecular weight is 533 g/mol. The zero-order valence-electron chi connectivity index (χ0n) is 18.4. The Kier molecular flexibility index (Phi) is 5.92. The van der Waals surface area contributed by atoms with Crippen molar-refractivity contribution < 1.29 is 33.3 Å². The molecule has 3 aromatic rings. The molecular weight excluding hydrogens is 514 g/mol. The highest BCUT2D eigenvalue weighted by Crippen LogP contribution is 2.40. The number of amides is 2. The number of anilines is 2. The van der Waals surface area contributed by atoms with E-state index < -0.39 is 29.2 Å². The second kappa shape index (κ2) is 9.08. The average Bonchev–Trinajstić information content (AvgIpc) is 3.44.